The smallest absolute Gasteiger partial charge is 0.283 e. The number of hydrogen-bond acceptors (Lipinski definition) is 4. The maximum Gasteiger partial charge on any atom is 0.283 e. The number of nitrogens with one attached hydrogen (secondary N) is 2. The van der Waals surface area contributed by atoms with Gasteiger partial charge in [-0.15, -0.1) is 0 Å². The second-order valence-electron chi connectivity index (χ2n) is 10.3. The van der Waals surface area contributed by atoms with E-state index in [-0.39, 0.29) is 16.6 Å². The summed E-state index contributed by atoms with van der Waals surface area (Å²) in [5, 5.41) is 2.82. The Morgan fingerprint density at radius 1 is 0.897 bits per heavy atom. The molecule has 39 heavy (non-hydrogen) atoms. The quantitative estimate of drug-likeness (QED) is 0.445. The summed E-state index contributed by atoms with van der Waals surface area (Å²) in [5.74, 6) is -0.760. The van der Waals surface area contributed by atoms with Gasteiger partial charge in [0.25, 0.3) is 17.7 Å². The number of anilines is 2. The molecule has 1 fully saturated rings. The third-order valence-corrected chi connectivity index (χ3v) is 7.65. The summed E-state index contributed by atoms with van der Waals surface area (Å²) >= 11 is 6.29. The standard InChI is InChI=1S/C31H31ClN4O3/c1-21(2)23-10-14-26(15-11-23)36-30(38)27(32)28(31(36)39)33-25-12-8-24(9-13-25)29(37)35-18-16-34(17-19-35)20-22-6-4-3-5-7-22/h3-15,21,33H,16-20H2,1-2H3/p+1. The van der Waals surface area contributed by atoms with Gasteiger partial charge in [0.05, 0.1) is 31.9 Å². The van der Waals surface area contributed by atoms with Crippen LogP contribution in [0.4, 0.5) is 11.4 Å². The summed E-state index contributed by atoms with van der Waals surface area (Å²) in [4.78, 5) is 43.4. The van der Waals surface area contributed by atoms with Crippen LogP contribution in [0.1, 0.15) is 41.3 Å². The number of piperazine rings is 1. The first kappa shape index (κ1) is 26.7. The predicted molar refractivity (Wildman–Crippen MR) is 153 cm³/mol. The lowest BCUT2D eigenvalue weighted by atomic mass is 10.0. The molecule has 0 aliphatic carbocycles. The van der Waals surface area contributed by atoms with Gasteiger partial charge in [-0.25, -0.2) is 4.90 Å². The Morgan fingerprint density at radius 2 is 1.54 bits per heavy atom. The van der Waals surface area contributed by atoms with Crippen molar-refractivity contribution in [3.05, 3.63) is 106 Å². The predicted octanol–water partition coefficient (Wildman–Crippen LogP) is 3.79. The number of quaternary nitrogens is 1. The minimum Gasteiger partial charge on any atom is -0.350 e. The van der Waals surface area contributed by atoms with Crippen molar-refractivity contribution in [3.63, 3.8) is 0 Å². The van der Waals surface area contributed by atoms with E-state index in [2.05, 4.69) is 43.4 Å². The van der Waals surface area contributed by atoms with Crippen molar-refractivity contribution < 1.29 is 19.3 Å². The Bertz CT molecular complexity index is 1390. The minimum absolute atomic E-state index is 0.0132. The average Bonchev–Trinajstić information content (AvgIpc) is 3.17. The largest absolute Gasteiger partial charge is 0.350 e. The Balaban J connectivity index is 1.19. The first-order valence-corrected chi connectivity index (χ1v) is 13.6. The van der Waals surface area contributed by atoms with Crippen molar-refractivity contribution in [2.24, 2.45) is 0 Å². The molecule has 2 N–H and O–H groups in total. The second kappa shape index (κ2) is 11.4. The summed E-state index contributed by atoms with van der Waals surface area (Å²) in [6.45, 7) is 8.33. The average molecular weight is 544 g/mol. The highest BCUT2D eigenvalue weighted by atomic mass is 35.5. The lowest BCUT2D eigenvalue weighted by Crippen LogP contribution is -3.13. The number of carbonyl (C=O) groups excluding carboxylic acids is 3. The summed E-state index contributed by atoms with van der Waals surface area (Å²) in [7, 11) is 0. The zero-order valence-electron chi connectivity index (χ0n) is 22.1. The van der Waals surface area contributed by atoms with Crippen LogP contribution in [-0.2, 0) is 16.1 Å². The van der Waals surface area contributed by atoms with Gasteiger partial charge in [-0.2, -0.15) is 0 Å². The van der Waals surface area contributed by atoms with Gasteiger partial charge in [0, 0.05) is 16.8 Å². The molecule has 0 unspecified atom stereocenters. The Hall–Kier alpha value is -3.94. The third kappa shape index (κ3) is 5.75. The lowest BCUT2D eigenvalue weighted by Gasteiger charge is -2.32. The van der Waals surface area contributed by atoms with Crippen molar-refractivity contribution in [2.75, 3.05) is 36.4 Å². The molecule has 2 heterocycles. The summed E-state index contributed by atoms with van der Waals surface area (Å²) in [6, 6.07) is 24.6. The molecule has 3 aromatic rings. The van der Waals surface area contributed by atoms with Crippen molar-refractivity contribution in [3.8, 4) is 0 Å². The Morgan fingerprint density at radius 3 is 2.15 bits per heavy atom. The van der Waals surface area contributed by atoms with Gasteiger partial charge in [-0.3, -0.25) is 14.4 Å². The first-order valence-electron chi connectivity index (χ1n) is 13.2. The van der Waals surface area contributed by atoms with E-state index in [4.69, 9.17) is 11.6 Å². The Kier molecular flexibility index (Phi) is 7.82. The van der Waals surface area contributed by atoms with E-state index in [0.29, 0.717) is 35.9 Å². The van der Waals surface area contributed by atoms with Crippen LogP contribution in [0.15, 0.2) is 89.6 Å². The van der Waals surface area contributed by atoms with Crippen LogP contribution in [0.2, 0.25) is 0 Å². The molecule has 0 radical (unpaired) electrons. The van der Waals surface area contributed by atoms with Gasteiger partial charge in [-0.1, -0.05) is 67.9 Å². The zero-order chi connectivity index (χ0) is 27.5. The van der Waals surface area contributed by atoms with Gasteiger partial charge >= 0.3 is 0 Å². The van der Waals surface area contributed by atoms with Gasteiger partial charge in [0.15, 0.2) is 0 Å². The minimum atomic E-state index is -0.568. The molecule has 1 saturated heterocycles. The number of amides is 3. The fourth-order valence-corrected chi connectivity index (χ4v) is 5.18. The van der Waals surface area contributed by atoms with Gasteiger partial charge < -0.3 is 15.1 Å². The zero-order valence-corrected chi connectivity index (χ0v) is 22.9. The third-order valence-electron chi connectivity index (χ3n) is 7.30. The van der Waals surface area contributed by atoms with E-state index < -0.39 is 11.8 Å². The molecule has 3 aromatic carbocycles. The first-order chi connectivity index (χ1) is 18.8. The van der Waals surface area contributed by atoms with Crippen LogP contribution in [0, 0.1) is 0 Å². The fraction of sp³-hybridized carbons (Fsp3) is 0.258. The molecule has 3 amide bonds. The maximum atomic E-state index is 13.1. The molecule has 0 saturated carbocycles. The van der Waals surface area contributed by atoms with Gasteiger partial charge in [0.1, 0.15) is 17.3 Å². The number of benzene rings is 3. The lowest BCUT2D eigenvalue weighted by molar-refractivity contribution is -0.917. The summed E-state index contributed by atoms with van der Waals surface area (Å²) < 4.78 is 0. The number of rotatable bonds is 7. The monoisotopic (exact) mass is 543 g/mol. The van der Waals surface area contributed by atoms with E-state index in [1.807, 2.05) is 23.1 Å². The van der Waals surface area contributed by atoms with Crippen molar-refractivity contribution in [1.82, 2.24) is 4.90 Å². The molecule has 0 bridgehead atoms. The van der Waals surface area contributed by atoms with E-state index >= 15 is 0 Å². The molecule has 7 nitrogen and oxygen atoms in total. The topological polar surface area (TPSA) is 74.2 Å². The van der Waals surface area contributed by atoms with Crippen LogP contribution >= 0.6 is 11.6 Å². The van der Waals surface area contributed by atoms with Crippen LogP contribution in [0.3, 0.4) is 0 Å². The van der Waals surface area contributed by atoms with Crippen molar-refractivity contribution in [2.45, 2.75) is 26.3 Å². The highest BCUT2D eigenvalue weighted by Crippen LogP contribution is 2.31. The molecule has 0 spiro atoms. The molecule has 0 atom stereocenters. The number of carbonyl (C=O) groups is 3. The van der Waals surface area contributed by atoms with Crippen LogP contribution in [0.5, 0.6) is 0 Å². The van der Waals surface area contributed by atoms with Gasteiger partial charge in [0.2, 0.25) is 0 Å². The molecule has 200 valence electrons. The Labute approximate surface area is 233 Å². The van der Waals surface area contributed by atoms with Crippen molar-refractivity contribution in [1.29, 1.82) is 0 Å². The fourth-order valence-electron chi connectivity index (χ4n) is 4.96. The van der Waals surface area contributed by atoms with E-state index in [1.54, 1.807) is 36.4 Å². The molecular formula is C31H32ClN4O3+. The second-order valence-corrected chi connectivity index (χ2v) is 10.7. The van der Waals surface area contributed by atoms with Crippen LogP contribution in [-0.4, -0.2) is 48.8 Å². The normalized spacial score (nSPS) is 16.4. The highest BCUT2D eigenvalue weighted by molar-refractivity contribution is 6.53. The number of halogens is 1. The summed E-state index contributed by atoms with van der Waals surface area (Å²) in [5.41, 5.74) is 4.05. The van der Waals surface area contributed by atoms with E-state index in [0.717, 1.165) is 30.1 Å². The summed E-state index contributed by atoms with van der Waals surface area (Å²) in [6.07, 6.45) is 0. The van der Waals surface area contributed by atoms with Gasteiger partial charge in [-0.05, 0) is 47.9 Å². The highest BCUT2D eigenvalue weighted by Gasteiger charge is 2.39. The van der Waals surface area contributed by atoms with E-state index in [9.17, 15) is 14.4 Å². The number of hydrogen-bond donors (Lipinski definition) is 2. The van der Waals surface area contributed by atoms with Crippen LogP contribution < -0.4 is 15.1 Å². The maximum absolute atomic E-state index is 13.1. The SMILES string of the molecule is CC(C)c1ccc(N2C(=O)C(Cl)=C(Nc3ccc(C(=O)N4CC[NH+](Cc5ccccc5)CC4)cc3)C2=O)cc1. The molecule has 5 rings (SSSR count). The van der Waals surface area contributed by atoms with Crippen molar-refractivity contribution >= 4 is 40.7 Å². The number of nitrogens with zero attached hydrogens (tertiary/aromatic N) is 2. The molecule has 2 aliphatic heterocycles. The molecule has 8 heteroatoms. The van der Waals surface area contributed by atoms with Crippen LogP contribution in [0.25, 0.3) is 0 Å². The molecule has 0 aromatic heterocycles. The molecular weight excluding hydrogens is 512 g/mol. The number of imide groups is 1. The van der Waals surface area contributed by atoms with E-state index in [1.165, 1.54) is 10.5 Å². The molecule has 2 aliphatic rings.